The zero-order valence-corrected chi connectivity index (χ0v) is 13.0. The number of hydrogen-bond donors (Lipinski definition) is 1. The fourth-order valence-electron chi connectivity index (χ4n) is 2.09. The summed E-state index contributed by atoms with van der Waals surface area (Å²) in [6.45, 7) is 5.32. The molecule has 5 heteroatoms. The summed E-state index contributed by atoms with van der Waals surface area (Å²) in [6.07, 6.45) is 1.97. The Kier molecular flexibility index (Phi) is 9.65. The van der Waals surface area contributed by atoms with E-state index in [1.807, 2.05) is 30.3 Å². The topological polar surface area (TPSA) is 63.6 Å². The summed E-state index contributed by atoms with van der Waals surface area (Å²) in [5.74, 6) is -2.06. The van der Waals surface area contributed by atoms with E-state index >= 15 is 0 Å². The summed E-state index contributed by atoms with van der Waals surface area (Å²) in [5.41, 5.74) is 0.600. The zero-order chi connectivity index (χ0) is 15.9. The van der Waals surface area contributed by atoms with Gasteiger partial charge in [-0.05, 0) is 45.6 Å². The molecule has 22 heavy (non-hydrogen) atoms. The predicted octanol–water partition coefficient (Wildman–Crippen LogP) is 2.79. The molecular weight excluding hydrogens is 291 g/mol. The maximum atomic E-state index is 11.7. The Balaban J connectivity index is 0.00000441. The van der Waals surface area contributed by atoms with Gasteiger partial charge >= 0.3 is 41.5 Å². The molecule has 1 atom stereocenters. The number of aliphatic carboxylic acids is 1. The molecule has 1 unspecified atom stereocenters. The fraction of sp³-hybridized carbons (Fsp3) is 0.529. The van der Waals surface area contributed by atoms with Gasteiger partial charge in [-0.25, -0.2) is 0 Å². The molecule has 118 valence electrons. The molecular formula is C17H25NaO4. The van der Waals surface area contributed by atoms with E-state index in [0.29, 0.717) is 6.42 Å². The minimum absolute atomic E-state index is 0. The van der Waals surface area contributed by atoms with Crippen molar-refractivity contribution in [3.05, 3.63) is 35.9 Å². The number of benzene rings is 1. The Labute approximate surface area is 154 Å². The van der Waals surface area contributed by atoms with Gasteiger partial charge < -0.3 is 9.84 Å². The first-order chi connectivity index (χ1) is 9.78. The first-order valence-electron chi connectivity index (χ1n) is 7.26. The normalized spacial score (nSPS) is 12.1. The number of aryl methyl sites for hydroxylation is 1. The molecule has 1 aromatic carbocycles. The Hall–Kier alpha value is -0.840. The fourth-order valence-corrected chi connectivity index (χ4v) is 2.09. The third-order valence-electron chi connectivity index (χ3n) is 3.04. The summed E-state index contributed by atoms with van der Waals surface area (Å²) >= 11 is 0. The molecule has 0 fully saturated rings. The van der Waals surface area contributed by atoms with Crippen LogP contribution in [0, 0.1) is 5.92 Å². The second-order valence-corrected chi connectivity index (χ2v) is 6.20. The zero-order valence-electron chi connectivity index (χ0n) is 13.0. The molecule has 0 bridgehead atoms. The van der Waals surface area contributed by atoms with Gasteiger partial charge in [-0.1, -0.05) is 30.3 Å². The number of carboxylic acids is 1. The predicted molar refractivity (Wildman–Crippen MR) is 88.1 cm³/mol. The molecule has 0 aliphatic heterocycles. The van der Waals surface area contributed by atoms with Crippen molar-refractivity contribution in [3.63, 3.8) is 0 Å². The molecule has 0 spiro atoms. The minimum atomic E-state index is -0.936. The number of carboxylic acid groups (broad SMARTS) is 1. The quantitative estimate of drug-likeness (QED) is 0.620. The molecule has 0 aromatic heterocycles. The van der Waals surface area contributed by atoms with Crippen LogP contribution in [0.15, 0.2) is 30.3 Å². The van der Waals surface area contributed by atoms with Crippen LogP contribution < -0.4 is 0 Å². The van der Waals surface area contributed by atoms with E-state index in [2.05, 4.69) is 0 Å². The number of carbonyl (C=O) groups is 2. The summed E-state index contributed by atoms with van der Waals surface area (Å²) in [4.78, 5) is 23.0. The molecule has 0 aliphatic carbocycles. The molecule has 1 rings (SSSR count). The van der Waals surface area contributed by atoms with Gasteiger partial charge in [-0.15, -0.1) is 0 Å². The van der Waals surface area contributed by atoms with E-state index in [-0.39, 0.29) is 36.0 Å². The molecule has 4 nitrogen and oxygen atoms in total. The van der Waals surface area contributed by atoms with Crippen molar-refractivity contribution in [2.75, 3.05) is 0 Å². The van der Waals surface area contributed by atoms with Crippen molar-refractivity contribution in [1.29, 1.82) is 0 Å². The van der Waals surface area contributed by atoms with Crippen LogP contribution in [0.4, 0.5) is 0 Å². The summed E-state index contributed by atoms with van der Waals surface area (Å²) in [6, 6.07) is 9.91. The Morgan fingerprint density at radius 3 is 2.27 bits per heavy atom. The van der Waals surface area contributed by atoms with Crippen LogP contribution in [0.25, 0.3) is 0 Å². The molecule has 1 N–H and O–H groups in total. The van der Waals surface area contributed by atoms with Crippen molar-refractivity contribution in [1.82, 2.24) is 0 Å². The van der Waals surface area contributed by atoms with Gasteiger partial charge in [-0.2, -0.15) is 0 Å². The Morgan fingerprint density at radius 1 is 1.18 bits per heavy atom. The van der Waals surface area contributed by atoms with Crippen LogP contribution >= 0.6 is 0 Å². The van der Waals surface area contributed by atoms with Crippen LogP contribution in [0.5, 0.6) is 0 Å². The van der Waals surface area contributed by atoms with Crippen molar-refractivity contribution in [3.8, 4) is 0 Å². The molecule has 0 aliphatic rings. The van der Waals surface area contributed by atoms with Crippen molar-refractivity contribution in [2.24, 2.45) is 5.92 Å². The molecule has 0 saturated carbocycles. The van der Waals surface area contributed by atoms with Crippen LogP contribution in [0.2, 0.25) is 0 Å². The summed E-state index contributed by atoms with van der Waals surface area (Å²) in [7, 11) is 0. The van der Waals surface area contributed by atoms with Gasteiger partial charge in [0.1, 0.15) is 5.60 Å². The number of ether oxygens (including phenoxy) is 1. The van der Waals surface area contributed by atoms with E-state index in [1.54, 1.807) is 20.8 Å². The Morgan fingerprint density at radius 2 is 1.77 bits per heavy atom. The summed E-state index contributed by atoms with van der Waals surface area (Å²) in [5, 5.41) is 9.21. The molecule has 0 saturated heterocycles. The summed E-state index contributed by atoms with van der Waals surface area (Å²) < 4.78 is 5.18. The van der Waals surface area contributed by atoms with E-state index in [1.165, 1.54) is 5.56 Å². The second-order valence-electron chi connectivity index (χ2n) is 6.20. The molecule has 1 aromatic rings. The van der Waals surface area contributed by atoms with E-state index in [0.717, 1.165) is 12.8 Å². The van der Waals surface area contributed by atoms with Crippen LogP contribution in [-0.2, 0) is 20.7 Å². The van der Waals surface area contributed by atoms with E-state index < -0.39 is 23.5 Å². The third kappa shape index (κ3) is 9.23. The van der Waals surface area contributed by atoms with E-state index in [9.17, 15) is 14.7 Å². The number of rotatable bonds is 7. The van der Waals surface area contributed by atoms with Crippen LogP contribution in [-0.4, -0.2) is 52.2 Å². The van der Waals surface area contributed by atoms with Crippen LogP contribution in [0.1, 0.15) is 45.6 Å². The first-order valence-corrected chi connectivity index (χ1v) is 7.26. The van der Waals surface area contributed by atoms with Crippen LogP contribution in [0.3, 0.4) is 0 Å². The van der Waals surface area contributed by atoms with Gasteiger partial charge in [0.15, 0.2) is 0 Å². The van der Waals surface area contributed by atoms with Gasteiger partial charge in [0.05, 0.1) is 12.3 Å². The SMILES string of the molecule is CC(C)(C)OC(=O)CC(CCCc1ccccc1)C(=O)O.[NaH]. The third-order valence-corrected chi connectivity index (χ3v) is 3.04. The average Bonchev–Trinajstić information content (AvgIpc) is 2.36. The Bertz CT molecular complexity index is 465. The number of carbonyl (C=O) groups excluding carboxylic acids is 1. The van der Waals surface area contributed by atoms with Crippen molar-refractivity contribution in [2.45, 2.75) is 52.1 Å². The standard InChI is InChI=1S/C17H24O4.Na.H/c1-17(2,3)21-15(18)12-14(16(19)20)11-7-10-13-8-5-4-6-9-13;;/h4-6,8-9,14H,7,10-12H2,1-3H3,(H,19,20);;. The molecule has 0 heterocycles. The molecule has 0 amide bonds. The second kappa shape index (κ2) is 10.0. The van der Waals surface area contributed by atoms with Gasteiger partial charge in [0, 0.05) is 0 Å². The average molecular weight is 316 g/mol. The van der Waals surface area contributed by atoms with E-state index in [4.69, 9.17) is 4.74 Å². The van der Waals surface area contributed by atoms with Gasteiger partial charge in [0.2, 0.25) is 0 Å². The first kappa shape index (κ1) is 21.2. The van der Waals surface area contributed by atoms with Gasteiger partial charge in [-0.3, -0.25) is 9.59 Å². The molecule has 0 radical (unpaired) electrons. The van der Waals surface area contributed by atoms with Crippen molar-refractivity contribution >= 4 is 41.5 Å². The van der Waals surface area contributed by atoms with Gasteiger partial charge in [0.25, 0.3) is 0 Å². The monoisotopic (exact) mass is 316 g/mol. The van der Waals surface area contributed by atoms with Crippen molar-refractivity contribution < 1.29 is 19.4 Å². The maximum absolute atomic E-state index is 11.7. The number of esters is 1. The number of hydrogen-bond acceptors (Lipinski definition) is 3.